The van der Waals surface area contributed by atoms with Crippen LogP contribution in [0.25, 0.3) is 0 Å². The molecule has 0 aliphatic carbocycles. The van der Waals surface area contributed by atoms with E-state index in [2.05, 4.69) is 19.8 Å². The summed E-state index contributed by atoms with van der Waals surface area (Å²) < 4.78 is 0. The van der Waals surface area contributed by atoms with Crippen molar-refractivity contribution in [1.82, 2.24) is 14.9 Å². The van der Waals surface area contributed by atoms with Crippen LogP contribution in [0.1, 0.15) is 32.1 Å². The van der Waals surface area contributed by atoms with Crippen LogP contribution in [0, 0.1) is 0 Å². The summed E-state index contributed by atoms with van der Waals surface area (Å²) in [5, 5.41) is 0.767. The van der Waals surface area contributed by atoms with Crippen LogP contribution in [0.2, 0.25) is 0 Å². The summed E-state index contributed by atoms with van der Waals surface area (Å²) in [6.07, 6.45) is 8.62. The Hall–Kier alpha value is -1.01. The van der Waals surface area contributed by atoms with Crippen LogP contribution >= 0.6 is 11.8 Å². The third-order valence-electron chi connectivity index (χ3n) is 4.59. The molecule has 0 bridgehead atoms. The summed E-state index contributed by atoms with van der Waals surface area (Å²) in [7, 11) is 0. The minimum absolute atomic E-state index is 0.572. The first kappa shape index (κ1) is 14.9. The zero-order valence-electron chi connectivity index (χ0n) is 12.8. The topological polar surface area (TPSA) is 58.3 Å². The lowest BCUT2D eigenvalue weighted by atomic mass is 10.00. The number of anilines is 2. The summed E-state index contributed by atoms with van der Waals surface area (Å²) in [6, 6.07) is 2.67. The summed E-state index contributed by atoms with van der Waals surface area (Å²) in [5.41, 5.74) is 5.89. The molecule has 116 valence electrons. The van der Waals surface area contributed by atoms with Crippen molar-refractivity contribution in [2.75, 3.05) is 43.1 Å². The van der Waals surface area contributed by atoms with Crippen LogP contribution < -0.4 is 10.6 Å². The van der Waals surface area contributed by atoms with Crippen molar-refractivity contribution in [2.24, 2.45) is 0 Å². The highest BCUT2D eigenvalue weighted by molar-refractivity contribution is 7.98. The van der Waals surface area contributed by atoms with E-state index >= 15 is 0 Å². The molecule has 0 unspecified atom stereocenters. The molecule has 5 nitrogen and oxygen atoms in total. The highest BCUT2D eigenvalue weighted by Crippen LogP contribution is 2.25. The lowest BCUT2D eigenvalue weighted by Gasteiger charge is -2.40. The van der Waals surface area contributed by atoms with Gasteiger partial charge in [-0.1, -0.05) is 18.2 Å². The fraction of sp³-hybridized carbons (Fsp3) is 0.733. The highest BCUT2D eigenvalue weighted by Gasteiger charge is 2.26. The minimum Gasteiger partial charge on any atom is -0.383 e. The van der Waals surface area contributed by atoms with Gasteiger partial charge in [-0.3, -0.25) is 0 Å². The molecule has 2 N–H and O–H groups in total. The fourth-order valence-electron chi connectivity index (χ4n) is 3.43. The molecule has 2 fully saturated rings. The van der Waals surface area contributed by atoms with Gasteiger partial charge in [-0.25, -0.2) is 9.97 Å². The first-order valence-corrected chi connectivity index (χ1v) is 9.16. The number of hydrogen-bond donors (Lipinski definition) is 1. The third-order valence-corrected chi connectivity index (χ3v) is 5.14. The maximum Gasteiger partial charge on any atom is 0.191 e. The van der Waals surface area contributed by atoms with Crippen LogP contribution in [0.3, 0.4) is 0 Å². The van der Waals surface area contributed by atoms with E-state index < -0.39 is 0 Å². The van der Waals surface area contributed by atoms with E-state index in [1.54, 1.807) is 11.8 Å². The van der Waals surface area contributed by atoms with Crippen LogP contribution in [-0.4, -0.2) is 53.3 Å². The van der Waals surface area contributed by atoms with Crippen molar-refractivity contribution >= 4 is 23.4 Å². The fourth-order valence-corrected chi connectivity index (χ4v) is 3.81. The highest BCUT2D eigenvalue weighted by atomic mass is 32.2. The summed E-state index contributed by atoms with van der Waals surface area (Å²) in [5.74, 6) is 1.56. The Bertz CT molecular complexity index is 467. The number of thioether (sulfide) groups is 1. The number of likely N-dealkylation sites (tertiary alicyclic amines) is 1. The number of aromatic nitrogens is 2. The molecule has 0 atom stereocenters. The summed E-state index contributed by atoms with van der Waals surface area (Å²) >= 11 is 1.55. The van der Waals surface area contributed by atoms with Crippen LogP contribution in [0.15, 0.2) is 11.2 Å². The number of nitrogens with two attached hydrogens (primary N) is 1. The molecule has 0 spiro atoms. The zero-order valence-corrected chi connectivity index (χ0v) is 13.6. The van der Waals surface area contributed by atoms with Crippen molar-refractivity contribution in [2.45, 2.75) is 43.3 Å². The van der Waals surface area contributed by atoms with Crippen molar-refractivity contribution in [3.63, 3.8) is 0 Å². The second kappa shape index (κ2) is 6.83. The standard InChI is InChI=1S/C15H25N5S/c1-21-15-17-13(16)11-14(18-15)20-9-5-12(6-10-20)19-7-3-2-4-8-19/h11-12H,2-10H2,1H3,(H2,16,17,18). The Kier molecular flexibility index (Phi) is 4.85. The lowest BCUT2D eigenvalue weighted by Crippen LogP contribution is -2.47. The SMILES string of the molecule is CSc1nc(N)cc(N2CCC(N3CCCCC3)CC2)n1. The first-order chi connectivity index (χ1) is 10.3. The number of rotatable bonds is 3. The van der Waals surface area contributed by atoms with Gasteiger partial charge in [0.15, 0.2) is 5.16 Å². The largest absolute Gasteiger partial charge is 0.383 e. The van der Waals surface area contributed by atoms with Gasteiger partial charge in [0.2, 0.25) is 0 Å². The average molecular weight is 307 g/mol. The first-order valence-electron chi connectivity index (χ1n) is 7.94. The number of hydrogen-bond acceptors (Lipinski definition) is 6. The van der Waals surface area contributed by atoms with Crippen molar-refractivity contribution < 1.29 is 0 Å². The maximum absolute atomic E-state index is 5.89. The quantitative estimate of drug-likeness (QED) is 0.683. The van der Waals surface area contributed by atoms with Gasteiger partial charge in [0.25, 0.3) is 0 Å². The summed E-state index contributed by atoms with van der Waals surface area (Å²) in [6.45, 7) is 4.74. The molecule has 2 aliphatic heterocycles. The average Bonchev–Trinajstić information content (AvgIpc) is 2.55. The predicted molar refractivity (Wildman–Crippen MR) is 88.9 cm³/mol. The normalized spacial score (nSPS) is 21.7. The van der Waals surface area contributed by atoms with Gasteiger partial charge in [-0.2, -0.15) is 0 Å². The molecule has 3 heterocycles. The monoisotopic (exact) mass is 307 g/mol. The number of piperidine rings is 2. The Morgan fingerprint density at radius 2 is 1.81 bits per heavy atom. The van der Waals surface area contributed by atoms with E-state index in [0.717, 1.165) is 30.1 Å². The Morgan fingerprint density at radius 1 is 1.10 bits per heavy atom. The molecule has 21 heavy (non-hydrogen) atoms. The Labute approximate surface area is 131 Å². The molecule has 2 aliphatic rings. The Balaban J connectivity index is 1.61. The van der Waals surface area contributed by atoms with Crippen LogP contribution in [0.5, 0.6) is 0 Å². The third kappa shape index (κ3) is 3.61. The van der Waals surface area contributed by atoms with E-state index in [0.29, 0.717) is 5.82 Å². The predicted octanol–water partition coefficient (Wildman–Crippen LogP) is 2.24. The van der Waals surface area contributed by atoms with Crippen molar-refractivity contribution in [1.29, 1.82) is 0 Å². The smallest absolute Gasteiger partial charge is 0.191 e. The Morgan fingerprint density at radius 3 is 2.48 bits per heavy atom. The number of nitrogens with zero attached hydrogens (tertiary/aromatic N) is 4. The van der Waals surface area contributed by atoms with Crippen LogP contribution in [-0.2, 0) is 0 Å². The van der Waals surface area contributed by atoms with Gasteiger partial charge in [0.1, 0.15) is 11.6 Å². The maximum atomic E-state index is 5.89. The molecular formula is C15H25N5S. The molecule has 0 aromatic carbocycles. The molecule has 3 rings (SSSR count). The molecule has 0 amide bonds. The van der Waals surface area contributed by atoms with E-state index in [1.165, 1.54) is 45.2 Å². The molecule has 0 saturated carbocycles. The van der Waals surface area contributed by atoms with E-state index in [1.807, 2.05) is 12.3 Å². The van der Waals surface area contributed by atoms with Crippen molar-refractivity contribution in [3.8, 4) is 0 Å². The summed E-state index contributed by atoms with van der Waals surface area (Å²) in [4.78, 5) is 13.9. The van der Waals surface area contributed by atoms with Gasteiger partial charge < -0.3 is 15.5 Å². The van der Waals surface area contributed by atoms with Gasteiger partial charge in [0.05, 0.1) is 0 Å². The van der Waals surface area contributed by atoms with Gasteiger partial charge in [-0.05, 0) is 45.0 Å². The van der Waals surface area contributed by atoms with Crippen molar-refractivity contribution in [3.05, 3.63) is 6.07 Å². The zero-order chi connectivity index (χ0) is 14.7. The van der Waals surface area contributed by atoms with E-state index in [9.17, 15) is 0 Å². The van der Waals surface area contributed by atoms with Crippen LogP contribution in [0.4, 0.5) is 11.6 Å². The van der Waals surface area contributed by atoms with E-state index in [-0.39, 0.29) is 0 Å². The second-order valence-electron chi connectivity index (χ2n) is 5.95. The second-order valence-corrected chi connectivity index (χ2v) is 6.73. The van der Waals surface area contributed by atoms with E-state index in [4.69, 9.17) is 5.73 Å². The van der Waals surface area contributed by atoms with Gasteiger partial charge >= 0.3 is 0 Å². The minimum atomic E-state index is 0.572. The molecule has 6 heteroatoms. The molecule has 2 saturated heterocycles. The molecule has 0 radical (unpaired) electrons. The molecular weight excluding hydrogens is 282 g/mol. The molecule has 1 aromatic rings. The lowest BCUT2D eigenvalue weighted by molar-refractivity contribution is 0.141. The van der Waals surface area contributed by atoms with Gasteiger partial charge in [-0.15, -0.1) is 0 Å². The van der Waals surface area contributed by atoms with Gasteiger partial charge in [0, 0.05) is 25.2 Å². The number of nitrogen functional groups attached to an aromatic ring is 1. The molecule has 1 aromatic heterocycles.